The molecule has 0 aliphatic heterocycles. The van der Waals surface area contributed by atoms with Crippen molar-refractivity contribution in [2.75, 3.05) is 7.11 Å². The maximum absolute atomic E-state index is 12.3. The van der Waals surface area contributed by atoms with Crippen molar-refractivity contribution in [1.29, 1.82) is 0 Å². The lowest BCUT2D eigenvalue weighted by Gasteiger charge is -2.29. The lowest BCUT2D eigenvalue weighted by Crippen LogP contribution is -2.22. The molecule has 0 aliphatic carbocycles. The van der Waals surface area contributed by atoms with E-state index in [1.165, 1.54) is 0 Å². The van der Waals surface area contributed by atoms with E-state index in [0.29, 0.717) is 11.3 Å². The molecule has 4 aromatic rings. The van der Waals surface area contributed by atoms with Crippen LogP contribution in [0.2, 0.25) is 0 Å². The molecule has 4 rings (SSSR count). The van der Waals surface area contributed by atoms with Crippen LogP contribution in [-0.4, -0.2) is 13.1 Å². The highest BCUT2D eigenvalue weighted by Gasteiger charge is 2.34. The molecular weight excluding hydrogens is 408 g/mol. The van der Waals surface area contributed by atoms with Crippen molar-refractivity contribution in [1.82, 2.24) is 0 Å². The Bertz CT molecular complexity index is 1140. The third-order valence-electron chi connectivity index (χ3n) is 5.13. The number of carbonyl (C=O) groups excluding carboxylic acids is 1. The highest BCUT2D eigenvalue weighted by atomic mass is 35.5. The Morgan fingerprint density at radius 1 is 0.645 bits per heavy atom. The van der Waals surface area contributed by atoms with Gasteiger partial charge in [-0.3, -0.25) is 0 Å². The number of alkyl halides is 1. The summed E-state index contributed by atoms with van der Waals surface area (Å²) in [5.74, 6) is 0.821. The van der Waals surface area contributed by atoms with E-state index in [2.05, 4.69) is 0 Å². The van der Waals surface area contributed by atoms with E-state index in [4.69, 9.17) is 21.1 Å². The predicted molar refractivity (Wildman–Crippen MR) is 123 cm³/mol. The Morgan fingerprint density at radius 2 is 1.10 bits per heavy atom. The van der Waals surface area contributed by atoms with Crippen LogP contribution >= 0.6 is 11.6 Å². The molecule has 0 saturated carbocycles. The van der Waals surface area contributed by atoms with Gasteiger partial charge < -0.3 is 9.47 Å². The number of benzene rings is 4. The van der Waals surface area contributed by atoms with Crippen molar-refractivity contribution in [2.24, 2.45) is 0 Å². The zero-order chi connectivity index (χ0) is 21.7. The molecular formula is C27H21ClO3. The van der Waals surface area contributed by atoms with Crippen LogP contribution in [0.4, 0.5) is 0 Å². The van der Waals surface area contributed by atoms with Crippen LogP contribution in [0.3, 0.4) is 0 Å². The molecule has 0 fully saturated rings. The van der Waals surface area contributed by atoms with Crippen molar-refractivity contribution in [3.63, 3.8) is 0 Å². The highest BCUT2D eigenvalue weighted by Crippen LogP contribution is 2.43. The van der Waals surface area contributed by atoms with Gasteiger partial charge in [-0.05, 0) is 53.1 Å². The van der Waals surface area contributed by atoms with Gasteiger partial charge in [0.05, 0.1) is 12.7 Å². The number of rotatable bonds is 6. The fraction of sp³-hybridized carbons (Fsp3) is 0.0741. The molecule has 3 nitrogen and oxygen atoms in total. The summed E-state index contributed by atoms with van der Waals surface area (Å²) < 4.78 is 10.8. The second kappa shape index (κ2) is 9.07. The average Bonchev–Trinajstić information content (AvgIpc) is 2.85. The van der Waals surface area contributed by atoms with Crippen LogP contribution in [0.1, 0.15) is 27.0 Å². The fourth-order valence-corrected chi connectivity index (χ4v) is 3.86. The van der Waals surface area contributed by atoms with Gasteiger partial charge in [0.25, 0.3) is 0 Å². The van der Waals surface area contributed by atoms with Gasteiger partial charge in [0.15, 0.2) is 0 Å². The summed E-state index contributed by atoms with van der Waals surface area (Å²) in [5.41, 5.74) is 3.22. The predicted octanol–water partition coefficient (Wildman–Crippen LogP) is 6.45. The molecule has 0 aromatic heterocycles. The van der Waals surface area contributed by atoms with Crippen molar-refractivity contribution in [3.05, 3.63) is 131 Å². The quantitative estimate of drug-likeness (QED) is 0.153. The summed E-state index contributed by atoms with van der Waals surface area (Å²) in [6, 6.07) is 33.8. The zero-order valence-electron chi connectivity index (χ0n) is 17.0. The van der Waals surface area contributed by atoms with E-state index in [9.17, 15) is 4.79 Å². The molecule has 1 atom stereocenters. The summed E-state index contributed by atoms with van der Waals surface area (Å²) >= 11 is 7.32. The van der Waals surface area contributed by atoms with E-state index in [1.54, 1.807) is 43.5 Å². The Kier molecular flexibility index (Phi) is 6.06. The minimum absolute atomic E-state index is 0.399. The second-order valence-electron chi connectivity index (χ2n) is 7.03. The van der Waals surface area contributed by atoms with E-state index < -0.39 is 10.8 Å². The Hall–Kier alpha value is -3.56. The molecule has 1 unspecified atom stereocenters. The normalized spacial score (nSPS) is 12.6. The first-order valence-electron chi connectivity index (χ1n) is 9.88. The lowest BCUT2D eigenvalue weighted by molar-refractivity contribution is 0.0734. The Labute approximate surface area is 186 Å². The summed E-state index contributed by atoms with van der Waals surface area (Å²) in [6.07, 6.45) is 0. The van der Waals surface area contributed by atoms with Gasteiger partial charge in [0.2, 0.25) is 0 Å². The third kappa shape index (κ3) is 4.32. The van der Waals surface area contributed by atoms with Crippen LogP contribution in [0.25, 0.3) is 0 Å². The molecule has 31 heavy (non-hydrogen) atoms. The Balaban J connectivity index is 1.68. The van der Waals surface area contributed by atoms with Gasteiger partial charge in [0, 0.05) is 0 Å². The first-order chi connectivity index (χ1) is 15.1. The molecule has 0 N–H and O–H groups in total. The van der Waals surface area contributed by atoms with Crippen molar-refractivity contribution < 1.29 is 14.3 Å². The van der Waals surface area contributed by atoms with Gasteiger partial charge in [-0.1, -0.05) is 72.8 Å². The van der Waals surface area contributed by atoms with E-state index in [1.807, 2.05) is 72.8 Å². The molecule has 4 heteroatoms. The largest absolute Gasteiger partial charge is 0.497 e. The molecule has 0 spiro atoms. The molecule has 0 heterocycles. The number of carbonyl (C=O) groups is 1. The van der Waals surface area contributed by atoms with Gasteiger partial charge in [0.1, 0.15) is 16.4 Å². The maximum atomic E-state index is 12.3. The molecule has 0 bridgehead atoms. The average molecular weight is 429 g/mol. The minimum atomic E-state index is -0.907. The third-order valence-corrected chi connectivity index (χ3v) is 5.79. The van der Waals surface area contributed by atoms with Crippen LogP contribution in [0.5, 0.6) is 11.5 Å². The minimum Gasteiger partial charge on any atom is -0.497 e. The summed E-state index contributed by atoms with van der Waals surface area (Å²) in [4.78, 5) is 11.4. The molecule has 4 aromatic carbocycles. The molecule has 0 amide bonds. The standard InChI is InChI=1S/C27H21ClO3/c1-30-24-16-12-22(13-17-24)27(28,21-10-6-3-7-11-21)23-14-18-25(19-15-23)31-26(29)20-8-4-2-5-9-20/h2-19H,1H3. The SMILES string of the molecule is COc1ccc(C(Cl)(c2ccccc2)c2ccc(OC(=O)c3ccccc3)cc2)cc1. The smallest absolute Gasteiger partial charge is 0.343 e. The van der Waals surface area contributed by atoms with Crippen molar-refractivity contribution in [2.45, 2.75) is 4.87 Å². The molecule has 0 aliphatic rings. The fourth-order valence-electron chi connectivity index (χ4n) is 3.48. The summed E-state index contributed by atoms with van der Waals surface area (Å²) in [7, 11) is 1.63. The van der Waals surface area contributed by atoms with Gasteiger partial charge in [-0.15, -0.1) is 11.6 Å². The maximum Gasteiger partial charge on any atom is 0.343 e. The highest BCUT2D eigenvalue weighted by molar-refractivity contribution is 6.28. The van der Waals surface area contributed by atoms with Crippen LogP contribution < -0.4 is 9.47 Å². The van der Waals surface area contributed by atoms with Gasteiger partial charge in [-0.25, -0.2) is 4.79 Å². The number of ether oxygens (including phenoxy) is 2. The Morgan fingerprint density at radius 3 is 1.61 bits per heavy atom. The number of esters is 1. The lowest BCUT2D eigenvalue weighted by atomic mass is 9.84. The number of hydrogen-bond donors (Lipinski definition) is 0. The van der Waals surface area contributed by atoms with Crippen molar-refractivity contribution in [3.8, 4) is 11.5 Å². The summed E-state index contributed by atoms with van der Waals surface area (Å²) in [6.45, 7) is 0. The van der Waals surface area contributed by atoms with Crippen LogP contribution in [0, 0.1) is 0 Å². The summed E-state index contributed by atoms with van der Waals surface area (Å²) in [5, 5.41) is 0. The topological polar surface area (TPSA) is 35.5 Å². The molecule has 0 radical (unpaired) electrons. The van der Waals surface area contributed by atoms with E-state index in [0.717, 1.165) is 22.4 Å². The van der Waals surface area contributed by atoms with E-state index >= 15 is 0 Å². The van der Waals surface area contributed by atoms with Crippen LogP contribution in [-0.2, 0) is 4.87 Å². The van der Waals surface area contributed by atoms with Crippen molar-refractivity contribution >= 4 is 17.6 Å². The monoisotopic (exact) mass is 428 g/mol. The first kappa shape index (κ1) is 20.7. The zero-order valence-corrected chi connectivity index (χ0v) is 17.8. The molecule has 154 valence electrons. The van der Waals surface area contributed by atoms with Crippen LogP contribution in [0.15, 0.2) is 109 Å². The van der Waals surface area contributed by atoms with Gasteiger partial charge in [-0.2, -0.15) is 0 Å². The number of hydrogen-bond acceptors (Lipinski definition) is 3. The first-order valence-corrected chi connectivity index (χ1v) is 10.3. The second-order valence-corrected chi connectivity index (χ2v) is 7.60. The van der Waals surface area contributed by atoms with Gasteiger partial charge >= 0.3 is 5.97 Å². The number of halogens is 1. The number of methoxy groups -OCH3 is 1. The van der Waals surface area contributed by atoms with E-state index in [-0.39, 0.29) is 0 Å². The molecule has 0 saturated heterocycles.